The summed E-state index contributed by atoms with van der Waals surface area (Å²) in [5, 5.41) is 9.86. The number of nitriles is 1. The van der Waals surface area contributed by atoms with E-state index >= 15 is 0 Å². The van der Waals surface area contributed by atoms with Crippen LogP contribution in [0.3, 0.4) is 0 Å². The van der Waals surface area contributed by atoms with E-state index in [1.54, 1.807) is 6.07 Å². The van der Waals surface area contributed by atoms with E-state index in [0.29, 0.717) is 10.7 Å². The van der Waals surface area contributed by atoms with Crippen molar-refractivity contribution in [3.05, 3.63) is 58.4 Å². The summed E-state index contributed by atoms with van der Waals surface area (Å²) in [6, 6.07) is 11.2. The molecule has 0 radical (unpaired) electrons. The minimum atomic E-state index is -0.677. The smallest absolute Gasteiger partial charge is 0.349 e. The number of aromatic nitrogens is 1. The van der Waals surface area contributed by atoms with Gasteiger partial charge in [-0.15, -0.1) is 0 Å². The third-order valence-electron chi connectivity index (χ3n) is 3.37. The molecule has 0 N–H and O–H groups in total. The third kappa shape index (κ3) is 4.25. The van der Waals surface area contributed by atoms with Crippen molar-refractivity contribution < 1.29 is 14.3 Å². The predicted octanol–water partition coefficient (Wildman–Crippen LogP) is 3.54. The molecule has 1 aromatic heterocycles. The molecular weight excluding hydrogens is 328 g/mol. The molecule has 0 aliphatic carbocycles. The molecule has 0 amide bonds. The summed E-state index contributed by atoms with van der Waals surface area (Å²) in [4.78, 5) is 11.9. The summed E-state index contributed by atoms with van der Waals surface area (Å²) in [7, 11) is 1.51. The average molecular weight is 345 g/mol. The second-order valence-corrected chi connectivity index (χ2v) is 5.44. The van der Waals surface area contributed by atoms with Gasteiger partial charge < -0.3 is 14.0 Å². The Labute approximate surface area is 145 Å². The first-order chi connectivity index (χ1) is 11.6. The second-order valence-electron chi connectivity index (χ2n) is 5.04. The van der Waals surface area contributed by atoms with Gasteiger partial charge in [-0.25, -0.2) is 4.79 Å². The van der Waals surface area contributed by atoms with E-state index in [1.807, 2.05) is 48.0 Å². The Balaban J connectivity index is 2.29. The molecule has 0 atom stereocenters. The number of aryl methyl sites for hydroxylation is 1. The van der Waals surface area contributed by atoms with E-state index in [9.17, 15) is 10.1 Å². The largest absolute Gasteiger partial charge is 0.459 e. The second kappa shape index (κ2) is 8.34. The highest BCUT2D eigenvalue weighted by atomic mass is 35.5. The van der Waals surface area contributed by atoms with Crippen molar-refractivity contribution in [2.45, 2.75) is 6.92 Å². The number of hydrogen-bond acceptors (Lipinski definition) is 4. The number of nitrogens with zero attached hydrogens (tertiary/aromatic N) is 2. The first kappa shape index (κ1) is 17.8. The Morgan fingerprint density at radius 1 is 1.38 bits per heavy atom. The number of carbonyl (C=O) groups excluding carboxylic acids is 1. The van der Waals surface area contributed by atoms with Gasteiger partial charge in [0.05, 0.1) is 6.61 Å². The highest BCUT2D eigenvalue weighted by Crippen LogP contribution is 2.22. The van der Waals surface area contributed by atoms with E-state index < -0.39 is 5.97 Å². The number of halogens is 1. The normalized spacial score (nSPS) is 11.2. The van der Waals surface area contributed by atoms with E-state index in [0.717, 1.165) is 11.3 Å². The zero-order chi connectivity index (χ0) is 17.5. The van der Waals surface area contributed by atoms with Crippen molar-refractivity contribution in [1.82, 2.24) is 4.57 Å². The SMILES string of the molecule is COCCOC(=O)/C(C#N)=C/c1cccn1-c1ccc(C)c(Cl)c1. The highest BCUT2D eigenvalue weighted by molar-refractivity contribution is 6.31. The molecule has 124 valence electrons. The first-order valence-corrected chi connectivity index (χ1v) is 7.66. The Hall–Kier alpha value is -2.55. The fourth-order valence-corrected chi connectivity index (χ4v) is 2.23. The highest BCUT2D eigenvalue weighted by Gasteiger charge is 2.12. The topological polar surface area (TPSA) is 64.2 Å². The lowest BCUT2D eigenvalue weighted by atomic mass is 10.2. The standard InChI is InChI=1S/C18H17ClN2O3/c1-13-5-6-16(11-17(13)19)21-7-3-4-15(21)10-14(12-20)18(22)24-9-8-23-2/h3-7,10-11H,8-9H2,1-2H3/b14-10+. The Morgan fingerprint density at radius 3 is 2.83 bits per heavy atom. The number of benzene rings is 1. The third-order valence-corrected chi connectivity index (χ3v) is 3.77. The monoisotopic (exact) mass is 344 g/mol. The molecule has 0 saturated carbocycles. The number of rotatable bonds is 6. The summed E-state index contributed by atoms with van der Waals surface area (Å²) in [5.74, 6) is -0.677. The number of carbonyl (C=O) groups is 1. The molecule has 1 aromatic carbocycles. The zero-order valence-electron chi connectivity index (χ0n) is 13.5. The van der Waals surface area contributed by atoms with Gasteiger partial charge in [-0.3, -0.25) is 0 Å². The molecule has 0 spiro atoms. The van der Waals surface area contributed by atoms with Crippen molar-refractivity contribution in [1.29, 1.82) is 5.26 Å². The van der Waals surface area contributed by atoms with Crippen LogP contribution in [0.15, 0.2) is 42.1 Å². The van der Waals surface area contributed by atoms with E-state index in [2.05, 4.69) is 0 Å². The van der Waals surface area contributed by atoms with Crippen LogP contribution in [0.5, 0.6) is 0 Å². The molecule has 0 bridgehead atoms. The minimum Gasteiger partial charge on any atom is -0.459 e. The van der Waals surface area contributed by atoms with E-state index in [1.165, 1.54) is 13.2 Å². The van der Waals surface area contributed by atoms with Crippen LogP contribution in [0.4, 0.5) is 0 Å². The zero-order valence-corrected chi connectivity index (χ0v) is 14.2. The molecule has 0 fully saturated rings. The van der Waals surface area contributed by atoms with Gasteiger partial charge in [0.25, 0.3) is 0 Å². The lowest BCUT2D eigenvalue weighted by Gasteiger charge is -2.09. The molecule has 2 rings (SSSR count). The maximum atomic E-state index is 11.9. The number of methoxy groups -OCH3 is 1. The molecular formula is C18H17ClN2O3. The van der Waals surface area contributed by atoms with E-state index in [-0.39, 0.29) is 18.8 Å². The summed E-state index contributed by atoms with van der Waals surface area (Å²) in [6.45, 7) is 2.30. The van der Waals surface area contributed by atoms with Gasteiger partial charge in [0.15, 0.2) is 0 Å². The maximum Gasteiger partial charge on any atom is 0.349 e. The first-order valence-electron chi connectivity index (χ1n) is 7.28. The molecule has 0 aliphatic rings. The van der Waals surface area contributed by atoms with Crippen LogP contribution in [0.1, 0.15) is 11.3 Å². The summed E-state index contributed by atoms with van der Waals surface area (Å²) in [5.41, 5.74) is 2.41. The van der Waals surface area contributed by atoms with Crippen molar-refractivity contribution in [2.75, 3.05) is 20.3 Å². The maximum absolute atomic E-state index is 11.9. The quantitative estimate of drug-likeness (QED) is 0.348. The van der Waals surface area contributed by atoms with Crippen LogP contribution in [-0.4, -0.2) is 30.9 Å². The summed E-state index contributed by atoms with van der Waals surface area (Å²) >= 11 is 6.17. The Morgan fingerprint density at radius 2 is 2.17 bits per heavy atom. The van der Waals surface area contributed by atoms with Crippen LogP contribution in [0, 0.1) is 18.3 Å². The lowest BCUT2D eigenvalue weighted by molar-refractivity contribution is -0.139. The fraction of sp³-hybridized carbons (Fsp3) is 0.222. The molecule has 24 heavy (non-hydrogen) atoms. The molecule has 0 unspecified atom stereocenters. The predicted molar refractivity (Wildman–Crippen MR) is 91.9 cm³/mol. The van der Waals surface area contributed by atoms with Gasteiger partial charge in [-0.1, -0.05) is 17.7 Å². The summed E-state index contributed by atoms with van der Waals surface area (Å²) < 4.78 is 11.6. The van der Waals surface area contributed by atoms with Gasteiger partial charge in [-0.05, 0) is 42.8 Å². The molecule has 5 nitrogen and oxygen atoms in total. The number of esters is 1. The van der Waals surface area contributed by atoms with Gasteiger partial charge in [-0.2, -0.15) is 5.26 Å². The van der Waals surface area contributed by atoms with Gasteiger partial charge in [0.2, 0.25) is 0 Å². The average Bonchev–Trinajstić information content (AvgIpc) is 3.03. The molecule has 0 aliphatic heterocycles. The van der Waals surface area contributed by atoms with Gasteiger partial charge in [0, 0.05) is 29.7 Å². The van der Waals surface area contributed by atoms with E-state index in [4.69, 9.17) is 21.1 Å². The molecule has 1 heterocycles. The van der Waals surface area contributed by atoms with Gasteiger partial charge in [0.1, 0.15) is 18.2 Å². The Bertz CT molecular complexity index is 803. The number of hydrogen-bond donors (Lipinski definition) is 0. The van der Waals surface area contributed by atoms with Crippen LogP contribution in [-0.2, 0) is 14.3 Å². The lowest BCUT2D eigenvalue weighted by Crippen LogP contribution is -2.11. The van der Waals surface area contributed by atoms with Crippen LogP contribution < -0.4 is 0 Å². The van der Waals surface area contributed by atoms with Crippen LogP contribution in [0.25, 0.3) is 11.8 Å². The van der Waals surface area contributed by atoms with Crippen molar-refractivity contribution in [3.63, 3.8) is 0 Å². The Kier molecular flexibility index (Phi) is 6.19. The van der Waals surface area contributed by atoms with Crippen molar-refractivity contribution in [3.8, 4) is 11.8 Å². The number of ether oxygens (including phenoxy) is 2. The minimum absolute atomic E-state index is 0.0794. The van der Waals surface area contributed by atoms with Crippen molar-refractivity contribution in [2.24, 2.45) is 0 Å². The fourth-order valence-electron chi connectivity index (χ4n) is 2.06. The van der Waals surface area contributed by atoms with Crippen LogP contribution in [0.2, 0.25) is 5.02 Å². The van der Waals surface area contributed by atoms with Crippen molar-refractivity contribution >= 4 is 23.6 Å². The summed E-state index contributed by atoms with van der Waals surface area (Å²) in [6.07, 6.45) is 3.32. The molecule has 0 saturated heterocycles. The van der Waals surface area contributed by atoms with Gasteiger partial charge >= 0.3 is 5.97 Å². The van der Waals surface area contributed by atoms with Crippen LogP contribution >= 0.6 is 11.6 Å². The molecule has 6 heteroatoms. The molecule has 2 aromatic rings.